The zero-order chi connectivity index (χ0) is 20.2. The van der Waals surface area contributed by atoms with E-state index in [-0.39, 0.29) is 17.2 Å². The van der Waals surface area contributed by atoms with Gasteiger partial charge in [-0.3, -0.25) is 4.84 Å². The van der Waals surface area contributed by atoms with Crippen LogP contribution >= 0.6 is 0 Å². The predicted octanol–water partition coefficient (Wildman–Crippen LogP) is 6.49. The molecule has 164 valence electrons. The fraction of sp³-hybridized carbons (Fsp3) is 1.00. The van der Waals surface area contributed by atoms with Crippen LogP contribution in [0.3, 0.4) is 0 Å². The van der Waals surface area contributed by atoms with Crippen molar-refractivity contribution in [3.63, 3.8) is 0 Å². The molecule has 2 saturated carbocycles. The molecule has 1 aliphatic heterocycles. The van der Waals surface area contributed by atoms with Crippen LogP contribution in [0.25, 0.3) is 0 Å². The molecule has 0 radical (unpaired) electrons. The van der Waals surface area contributed by atoms with Crippen molar-refractivity contribution >= 4 is 0 Å². The van der Waals surface area contributed by atoms with E-state index in [1.807, 2.05) is 0 Å². The standard InChI is InChI=1S/C25H47NO2/c1-24(2)16-11-17-25(3,4)26(24)28-23(21-14-9-6-10-15-21)18-22(19-27)20-12-7-5-8-13-20/h20-23,27H,5-19H2,1-4H3. The van der Waals surface area contributed by atoms with Gasteiger partial charge in [0.25, 0.3) is 0 Å². The van der Waals surface area contributed by atoms with Crippen LogP contribution in [0.15, 0.2) is 0 Å². The summed E-state index contributed by atoms with van der Waals surface area (Å²) in [6.07, 6.45) is 18.4. The Morgan fingerprint density at radius 3 is 1.79 bits per heavy atom. The Hall–Kier alpha value is -0.120. The highest BCUT2D eigenvalue weighted by Crippen LogP contribution is 2.42. The second-order valence-corrected chi connectivity index (χ2v) is 11.4. The number of piperidine rings is 1. The lowest BCUT2D eigenvalue weighted by Gasteiger charge is -2.53. The van der Waals surface area contributed by atoms with Crippen LogP contribution in [-0.4, -0.2) is 34.0 Å². The highest BCUT2D eigenvalue weighted by Gasteiger charge is 2.45. The number of hydroxylamine groups is 2. The van der Waals surface area contributed by atoms with Crippen molar-refractivity contribution in [3.05, 3.63) is 0 Å². The molecule has 3 nitrogen and oxygen atoms in total. The molecule has 2 aliphatic carbocycles. The van der Waals surface area contributed by atoms with E-state index >= 15 is 0 Å². The highest BCUT2D eigenvalue weighted by atomic mass is 16.7. The van der Waals surface area contributed by atoms with Crippen molar-refractivity contribution in [2.75, 3.05) is 6.61 Å². The molecule has 0 aromatic heterocycles. The molecule has 1 heterocycles. The van der Waals surface area contributed by atoms with Crippen LogP contribution in [0, 0.1) is 17.8 Å². The second-order valence-electron chi connectivity index (χ2n) is 11.4. The van der Waals surface area contributed by atoms with Gasteiger partial charge in [-0.05, 0) is 84.0 Å². The molecule has 1 saturated heterocycles. The van der Waals surface area contributed by atoms with Crippen LogP contribution < -0.4 is 0 Å². The first kappa shape index (κ1) is 22.6. The van der Waals surface area contributed by atoms with E-state index < -0.39 is 0 Å². The molecule has 0 amide bonds. The van der Waals surface area contributed by atoms with Gasteiger partial charge in [-0.15, -0.1) is 0 Å². The van der Waals surface area contributed by atoms with Gasteiger partial charge in [0.1, 0.15) is 0 Å². The molecular weight excluding hydrogens is 346 g/mol. The number of rotatable bonds is 7. The molecule has 3 fully saturated rings. The van der Waals surface area contributed by atoms with Crippen LogP contribution in [-0.2, 0) is 4.84 Å². The minimum atomic E-state index is 0.0915. The maximum Gasteiger partial charge on any atom is 0.0825 e. The number of hydrogen-bond acceptors (Lipinski definition) is 3. The summed E-state index contributed by atoms with van der Waals surface area (Å²) in [5.41, 5.74) is 0.183. The summed E-state index contributed by atoms with van der Waals surface area (Å²) in [4.78, 5) is 7.01. The summed E-state index contributed by atoms with van der Waals surface area (Å²) in [7, 11) is 0. The Balaban J connectivity index is 1.75. The fourth-order valence-electron chi connectivity index (χ4n) is 6.54. The first-order valence-electron chi connectivity index (χ1n) is 12.4. The Morgan fingerprint density at radius 1 is 0.786 bits per heavy atom. The maximum atomic E-state index is 10.3. The molecular formula is C25H47NO2. The lowest BCUT2D eigenvalue weighted by atomic mass is 9.75. The van der Waals surface area contributed by atoms with E-state index in [0.717, 1.165) is 6.42 Å². The summed E-state index contributed by atoms with van der Waals surface area (Å²) in [5, 5.41) is 12.7. The average molecular weight is 394 g/mol. The monoisotopic (exact) mass is 393 g/mol. The molecule has 28 heavy (non-hydrogen) atoms. The van der Waals surface area contributed by atoms with Gasteiger partial charge in [0.2, 0.25) is 0 Å². The first-order valence-corrected chi connectivity index (χ1v) is 12.4. The van der Waals surface area contributed by atoms with Crippen LogP contribution in [0.5, 0.6) is 0 Å². The normalized spacial score (nSPS) is 29.5. The van der Waals surface area contributed by atoms with E-state index in [1.165, 1.54) is 83.5 Å². The molecule has 0 bridgehead atoms. The van der Waals surface area contributed by atoms with Crippen LogP contribution in [0.1, 0.15) is 118 Å². The zero-order valence-corrected chi connectivity index (χ0v) is 19.2. The predicted molar refractivity (Wildman–Crippen MR) is 117 cm³/mol. The summed E-state index contributed by atoms with van der Waals surface area (Å²) >= 11 is 0. The van der Waals surface area contributed by atoms with E-state index in [1.54, 1.807) is 0 Å². The van der Waals surface area contributed by atoms with Crippen molar-refractivity contribution in [2.24, 2.45) is 17.8 Å². The topological polar surface area (TPSA) is 32.7 Å². The Bertz CT molecular complexity index is 447. The Kier molecular flexibility index (Phi) is 7.89. The van der Waals surface area contributed by atoms with E-state index in [0.29, 0.717) is 24.4 Å². The van der Waals surface area contributed by atoms with Gasteiger partial charge in [0.15, 0.2) is 0 Å². The number of hydrogen-bond donors (Lipinski definition) is 1. The van der Waals surface area contributed by atoms with Gasteiger partial charge in [0.05, 0.1) is 6.10 Å². The third kappa shape index (κ3) is 5.52. The van der Waals surface area contributed by atoms with E-state index in [2.05, 4.69) is 32.8 Å². The van der Waals surface area contributed by atoms with E-state index in [4.69, 9.17) is 4.84 Å². The van der Waals surface area contributed by atoms with E-state index in [9.17, 15) is 5.11 Å². The second kappa shape index (κ2) is 9.79. The van der Waals surface area contributed by atoms with Crippen molar-refractivity contribution < 1.29 is 9.94 Å². The first-order chi connectivity index (χ1) is 13.3. The number of nitrogens with zero attached hydrogens (tertiary/aromatic N) is 1. The molecule has 3 heteroatoms. The summed E-state index contributed by atoms with van der Waals surface area (Å²) in [5.74, 6) is 1.79. The molecule has 0 aromatic rings. The minimum absolute atomic E-state index is 0.0915. The minimum Gasteiger partial charge on any atom is -0.396 e. The molecule has 3 rings (SSSR count). The van der Waals surface area contributed by atoms with Gasteiger partial charge >= 0.3 is 0 Å². The quantitative estimate of drug-likeness (QED) is 0.536. The molecule has 3 aliphatic rings. The summed E-state index contributed by atoms with van der Waals surface area (Å²) in [6, 6.07) is 0. The van der Waals surface area contributed by atoms with Gasteiger partial charge in [-0.25, -0.2) is 0 Å². The van der Waals surface area contributed by atoms with Gasteiger partial charge in [-0.1, -0.05) is 51.4 Å². The number of aliphatic hydroxyl groups is 1. The van der Waals surface area contributed by atoms with Gasteiger partial charge < -0.3 is 5.11 Å². The zero-order valence-electron chi connectivity index (χ0n) is 19.2. The largest absolute Gasteiger partial charge is 0.396 e. The van der Waals surface area contributed by atoms with Gasteiger partial charge in [-0.2, -0.15) is 5.06 Å². The maximum absolute atomic E-state index is 10.3. The number of aliphatic hydroxyl groups excluding tert-OH is 1. The summed E-state index contributed by atoms with van der Waals surface area (Å²) < 4.78 is 0. The lowest BCUT2D eigenvalue weighted by molar-refractivity contribution is -0.317. The molecule has 2 unspecified atom stereocenters. The molecule has 0 spiro atoms. The third-order valence-electron chi connectivity index (χ3n) is 8.18. The Morgan fingerprint density at radius 2 is 1.29 bits per heavy atom. The lowest BCUT2D eigenvalue weighted by Crippen LogP contribution is -2.60. The van der Waals surface area contributed by atoms with Crippen molar-refractivity contribution in [2.45, 2.75) is 135 Å². The van der Waals surface area contributed by atoms with Crippen LogP contribution in [0.4, 0.5) is 0 Å². The van der Waals surface area contributed by atoms with Crippen molar-refractivity contribution in [1.82, 2.24) is 5.06 Å². The molecule has 1 N–H and O–H groups in total. The average Bonchev–Trinajstić information content (AvgIpc) is 2.68. The highest BCUT2D eigenvalue weighted by molar-refractivity contribution is 4.94. The van der Waals surface area contributed by atoms with Crippen molar-refractivity contribution in [3.8, 4) is 0 Å². The van der Waals surface area contributed by atoms with Crippen molar-refractivity contribution in [1.29, 1.82) is 0 Å². The Labute approximate surface area is 174 Å². The summed E-state index contributed by atoms with van der Waals surface area (Å²) in [6.45, 7) is 9.77. The van der Waals surface area contributed by atoms with Crippen LogP contribution in [0.2, 0.25) is 0 Å². The smallest absolute Gasteiger partial charge is 0.0825 e. The SMILES string of the molecule is CC1(C)CCCC(C)(C)N1OC(CC(CO)C1CCCCC1)C1CCCCC1. The third-order valence-corrected chi connectivity index (χ3v) is 8.18. The molecule has 0 aromatic carbocycles. The fourth-order valence-corrected chi connectivity index (χ4v) is 6.54. The molecule has 2 atom stereocenters. The van der Waals surface area contributed by atoms with Gasteiger partial charge in [0, 0.05) is 17.7 Å².